The van der Waals surface area contributed by atoms with Gasteiger partial charge in [0.15, 0.2) is 0 Å². The average Bonchev–Trinajstić information content (AvgIpc) is 3.72. The Morgan fingerprint density at radius 3 is 1.17 bits per heavy atom. The molecule has 0 aromatic heterocycles. The molecule has 0 heterocycles. The molecule has 4 aliphatic rings. The molecule has 0 spiro atoms. The Balaban J connectivity index is 0.00000283. The molecule has 58 heavy (non-hydrogen) atoms. The second kappa shape index (κ2) is 18.2. The van der Waals surface area contributed by atoms with Gasteiger partial charge in [0.1, 0.15) is 0 Å². The molecule has 310 valence electrons. The van der Waals surface area contributed by atoms with Crippen molar-refractivity contribution in [2.75, 3.05) is 0 Å². The molecular formula is C54H72Cl2SiZr. The first-order valence-corrected chi connectivity index (χ1v) is 36.4. The third-order valence-electron chi connectivity index (χ3n) is 15.3. The Hall–Kier alpha value is -1.96. The SMILES string of the molecule is Cc1ccc(-c2cccc3c2C=C(CC2(C)CCCCCCC2)[CH]3[Zr]([CH3])([CH3])(=[SiH2])[CH]2C(CC3(C)CCCCCCC3)=Cc3c(-c4ccc(C)cc4)cccc32)cc1.Cl.Cl. The van der Waals surface area contributed by atoms with E-state index in [1.165, 1.54) is 147 Å². The van der Waals surface area contributed by atoms with Crippen LogP contribution in [-0.4, -0.2) is 6.88 Å². The van der Waals surface area contributed by atoms with Gasteiger partial charge in [-0.2, -0.15) is 0 Å². The quantitative estimate of drug-likeness (QED) is 0.155. The van der Waals surface area contributed by atoms with Crippen LogP contribution < -0.4 is 0 Å². The minimum absolute atomic E-state index is 0. The minimum atomic E-state index is -3.94. The summed E-state index contributed by atoms with van der Waals surface area (Å²) in [5, 5.41) is 0. The Kier molecular flexibility index (Phi) is 14.3. The number of benzene rings is 4. The number of rotatable bonds is 8. The summed E-state index contributed by atoms with van der Waals surface area (Å²) in [5.41, 5.74) is 19.0. The predicted octanol–water partition coefficient (Wildman–Crippen LogP) is 16.7. The van der Waals surface area contributed by atoms with Crippen LogP contribution in [0, 0.1) is 24.7 Å². The third kappa shape index (κ3) is 9.27. The molecule has 0 N–H and O–H groups in total. The second-order valence-electron chi connectivity index (χ2n) is 21.1. The molecule has 2 atom stereocenters. The molecule has 2 unspecified atom stereocenters. The topological polar surface area (TPSA) is 0 Å². The zero-order valence-corrected chi connectivity index (χ0v) is 42.2. The zero-order valence-electron chi connectivity index (χ0n) is 36.7. The van der Waals surface area contributed by atoms with Crippen LogP contribution in [0.1, 0.15) is 157 Å². The van der Waals surface area contributed by atoms with Gasteiger partial charge in [0, 0.05) is 0 Å². The molecule has 0 nitrogen and oxygen atoms in total. The van der Waals surface area contributed by atoms with Crippen LogP contribution >= 0.6 is 24.8 Å². The van der Waals surface area contributed by atoms with E-state index >= 15 is 0 Å². The van der Waals surface area contributed by atoms with Crippen molar-refractivity contribution in [1.82, 2.24) is 0 Å². The van der Waals surface area contributed by atoms with Crippen LogP contribution in [0.2, 0.25) is 9.26 Å². The standard InChI is InChI=1S/2C26H31.2CH3.2ClH.H2Si.Zr/c2*1-20-11-13-22(14-12-20)24-10-8-9-23-17-21(18-25(23)24)19-26(2)15-6-4-3-5-7-16-26;;;;;;/h2*8-14,17-18H,3-7,15-16,19H2,1-2H3;2*1H3;2*1H;1H2;. The molecule has 0 radical (unpaired) electrons. The van der Waals surface area contributed by atoms with Crippen molar-refractivity contribution < 1.29 is 17.4 Å². The van der Waals surface area contributed by atoms with E-state index in [0.29, 0.717) is 18.1 Å². The van der Waals surface area contributed by atoms with Crippen LogP contribution in [0.5, 0.6) is 0 Å². The monoisotopic (exact) mass is 908 g/mol. The smallest absolute Gasteiger partial charge is 0.147 e. The van der Waals surface area contributed by atoms with Crippen LogP contribution in [0.15, 0.2) is 96.1 Å². The van der Waals surface area contributed by atoms with Gasteiger partial charge in [-0.05, 0) is 0 Å². The Bertz CT molecular complexity index is 2030. The maximum atomic E-state index is 2.92. The fraction of sp³-hybridized carbons (Fsp3) is 0.481. The summed E-state index contributed by atoms with van der Waals surface area (Å²) >= 11 is -3.94. The number of allylic oxidation sites excluding steroid dienone is 2. The summed E-state index contributed by atoms with van der Waals surface area (Å²) in [4.78, 5) is 0. The van der Waals surface area contributed by atoms with Crippen molar-refractivity contribution in [2.24, 2.45) is 10.8 Å². The van der Waals surface area contributed by atoms with Gasteiger partial charge in [0.2, 0.25) is 0 Å². The van der Waals surface area contributed by atoms with Gasteiger partial charge in [-0.3, -0.25) is 0 Å². The molecule has 4 aromatic carbocycles. The van der Waals surface area contributed by atoms with Gasteiger partial charge in [-0.25, -0.2) is 0 Å². The second-order valence-corrected chi connectivity index (χ2v) is 51.6. The van der Waals surface area contributed by atoms with Crippen molar-refractivity contribution in [3.63, 3.8) is 0 Å². The van der Waals surface area contributed by atoms with E-state index in [1.807, 2.05) is 0 Å². The molecule has 8 rings (SSSR count). The van der Waals surface area contributed by atoms with Crippen LogP contribution in [0.25, 0.3) is 34.4 Å². The first-order valence-electron chi connectivity index (χ1n) is 22.7. The average molecular weight is 911 g/mol. The largest absolute Gasteiger partial charge is 0.147 e. The van der Waals surface area contributed by atoms with Gasteiger partial charge in [-0.1, -0.05) is 0 Å². The Morgan fingerprint density at radius 2 is 0.828 bits per heavy atom. The minimum Gasteiger partial charge on any atom is -0.147 e. The summed E-state index contributed by atoms with van der Waals surface area (Å²) in [6.07, 6.45) is 27.6. The number of fused-ring (bicyclic) bond motifs is 2. The summed E-state index contributed by atoms with van der Waals surface area (Å²) in [6, 6.07) is 33.5. The van der Waals surface area contributed by atoms with Gasteiger partial charge < -0.3 is 0 Å². The van der Waals surface area contributed by atoms with Crippen LogP contribution in [0.3, 0.4) is 0 Å². The summed E-state index contributed by atoms with van der Waals surface area (Å²) in [7, 11) is 0. The fourth-order valence-electron chi connectivity index (χ4n) is 12.5. The molecule has 4 heteroatoms. The van der Waals surface area contributed by atoms with E-state index in [9.17, 15) is 0 Å². The van der Waals surface area contributed by atoms with Crippen LogP contribution in [0.4, 0.5) is 0 Å². The predicted molar refractivity (Wildman–Crippen MR) is 260 cm³/mol. The number of aryl methyl sites for hydroxylation is 2. The summed E-state index contributed by atoms with van der Waals surface area (Å²) in [6.45, 7) is 12.4. The van der Waals surface area contributed by atoms with E-state index in [0.717, 1.165) is 0 Å². The number of hydrogen-bond acceptors (Lipinski definition) is 0. The molecule has 4 aliphatic carbocycles. The first kappa shape index (κ1) is 45.6. The first-order chi connectivity index (χ1) is 26.8. The van der Waals surface area contributed by atoms with Gasteiger partial charge in [0.05, 0.1) is 0 Å². The van der Waals surface area contributed by atoms with Gasteiger partial charge in [0.25, 0.3) is 0 Å². The Morgan fingerprint density at radius 1 is 0.500 bits per heavy atom. The molecule has 0 aliphatic heterocycles. The molecule has 0 bridgehead atoms. The number of halogens is 2. The summed E-state index contributed by atoms with van der Waals surface area (Å²) < 4.78 is 6.90. The summed E-state index contributed by atoms with van der Waals surface area (Å²) in [5.74, 6) is 0. The fourth-order valence-corrected chi connectivity index (χ4v) is 32.1. The molecule has 2 saturated carbocycles. The maximum Gasteiger partial charge on any atom is -0.147 e. The van der Waals surface area contributed by atoms with Gasteiger partial charge in [-0.15, -0.1) is 24.8 Å². The van der Waals surface area contributed by atoms with Gasteiger partial charge >= 0.3 is 346 Å². The van der Waals surface area contributed by atoms with E-state index in [4.69, 9.17) is 0 Å². The molecule has 4 aromatic rings. The van der Waals surface area contributed by atoms with Crippen molar-refractivity contribution >= 4 is 43.8 Å². The van der Waals surface area contributed by atoms with E-state index < -0.39 is 17.4 Å². The molecule has 0 saturated heterocycles. The van der Waals surface area contributed by atoms with Crippen molar-refractivity contribution in [3.05, 3.63) is 129 Å². The van der Waals surface area contributed by atoms with Crippen molar-refractivity contribution in [3.8, 4) is 22.3 Å². The van der Waals surface area contributed by atoms with Crippen molar-refractivity contribution in [1.29, 1.82) is 0 Å². The third-order valence-corrected chi connectivity index (χ3v) is 32.8. The van der Waals surface area contributed by atoms with E-state index in [1.54, 1.807) is 22.3 Å². The van der Waals surface area contributed by atoms with E-state index in [2.05, 4.69) is 141 Å². The van der Waals surface area contributed by atoms with Crippen LogP contribution in [-0.2, 0) is 17.4 Å². The normalized spacial score (nSPS) is 21.7. The molecular weight excluding hydrogens is 839 g/mol. The van der Waals surface area contributed by atoms with E-state index in [-0.39, 0.29) is 24.8 Å². The zero-order chi connectivity index (χ0) is 39.2. The van der Waals surface area contributed by atoms with Crippen molar-refractivity contribution in [2.45, 2.75) is 147 Å². The maximum absolute atomic E-state index is 3.94. The molecule has 2 fully saturated rings. The Labute approximate surface area is 367 Å². The molecule has 0 amide bonds. The number of hydrogen-bond donors (Lipinski definition) is 0.